The van der Waals surface area contributed by atoms with Crippen LogP contribution in [0.3, 0.4) is 0 Å². The van der Waals surface area contributed by atoms with Crippen molar-refractivity contribution in [3.8, 4) is 10.4 Å². The van der Waals surface area contributed by atoms with Crippen LogP contribution >= 0.6 is 11.3 Å². The molecular weight excluding hydrogens is 446 g/mol. The minimum absolute atomic E-state index is 0.0529. The Morgan fingerprint density at radius 3 is 2.71 bits per heavy atom. The lowest BCUT2D eigenvalue weighted by molar-refractivity contribution is -0.137. The number of nitrogens with zero attached hydrogens (tertiary/aromatic N) is 1. The number of fused-ring (bicyclic) bond motifs is 1. The number of rotatable bonds is 7. The molecule has 180 valence electrons. The number of hydrogen-bond donors (Lipinski definition) is 3. The molecule has 1 amide bonds. The zero-order valence-electron chi connectivity index (χ0n) is 19.8. The number of thiophene rings is 1. The molecule has 1 atom stereocenters. The molecule has 0 aliphatic carbocycles. The summed E-state index contributed by atoms with van der Waals surface area (Å²) in [6.45, 7) is 3.33. The van der Waals surface area contributed by atoms with Crippen LogP contribution in [-0.4, -0.2) is 42.4 Å². The standard InChI is InChI=1S/C16H21NO3.C11H12N2S/c1-2-13(6-8-18)16(20)17-7-5-14-9-12(11-19)3-4-15(14)10-17;1-13-10-7-8(4-5-9(10)12)11-3-2-6-14-11/h3-4,9,11,13,18H,2,5-8,10H2,1H3;2-7,13H,12H2,1H3. The van der Waals surface area contributed by atoms with Gasteiger partial charge in [0, 0.05) is 43.1 Å². The molecule has 0 spiro atoms. The van der Waals surface area contributed by atoms with Gasteiger partial charge in [0.05, 0.1) is 11.4 Å². The van der Waals surface area contributed by atoms with Gasteiger partial charge in [0.15, 0.2) is 0 Å². The Morgan fingerprint density at radius 2 is 2.06 bits per heavy atom. The number of amides is 1. The highest BCUT2D eigenvalue weighted by Crippen LogP contribution is 2.29. The van der Waals surface area contributed by atoms with E-state index in [4.69, 9.17) is 10.8 Å². The van der Waals surface area contributed by atoms with Gasteiger partial charge in [-0.3, -0.25) is 9.59 Å². The molecule has 0 saturated heterocycles. The van der Waals surface area contributed by atoms with Crippen molar-refractivity contribution in [3.05, 3.63) is 70.6 Å². The quantitative estimate of drug-likeness (QED) is 0.333. The number of nitrogens with one attached hydrogen (secondary N) is 1. The van der Waals surface area contributed by atoms with Crippen LogP contribution in [0.15, 0.2) is 53.9 Å². The van der Waals surface area contributed by atoms with Gasteiger partial charge >= 0.3 is 0 Å². The number of nitrogen functional groups attached to an aromatic ring is 1. The van der Waals surface area contributed by atoms with Gasteiger partial charge in [-0.1, -0.05) is 31.2 Å². The van der Waals surface area contributed by atoms with Gasteiger partial charge < -0.3 is 21.1 Å². The molecule has 3 aromatic rings. The van der Waals surface area contributed by atoms with E-state index in [-0.39, 0.29) is 18.4 Å². The predicted octanol–water partition coefficient (Wildman–Crippen LogP) is 4.83. The fourth-order valence-electron chi connectivity index (χ4n) is 4.12. The minimum Gasteiger partial charge on any atom is -0.397 e. The second kappa shape index (κ2) is 12.3. The summed E-state index contributed by atoms with van der Waals surface area (Å²) < 4.78 is 0. The maximum absolute atomic E-state index is 12.4. The summed E-state index contributed by atoms with van der Waals surface area (Å²) in [7, 11) is 1.88. The van der Waals surface area contributed by atoms with Crippen molar-refractivity contribution in [3.63, 3.8) is 0 Å². The Hall–Kier alpha value is -3.16. The normalized spacial score (nSPS) is 13.3. The number of aliphatic hydroxyl groups is 1. The summed E-state index contributed by atoms with van der Waals surface area (Å²) in [5.74, 6) is 0.0439. The molecule has 2 heterocycles. The first-order valence-corrected chi connectivity index (χ1v) is 12.5. The van der Waals surface area contributed by atoms with Crippen LogP contribution < -0.4 is 11.1 Å². The summed E-state index contributed by atoms with van der Waals surface area (Å²) in [4.78, 5) is 26.3. The van der Waals surface area contributed by atoms with Gasteiger partial charge in [-0.15, -0.1) is 11.3 Å². The maximum atomic E-state index is 12.4. The zero-order valence-corrected chi connectivity index (χ0v) is 20.6. The second-order valence-corrected chi connectivity index (χ2v) is 9.25. The molecule has 0 saturated carbocycles. The maximum Gasteiger partial charge on any atom is 0.226 e. The van der Waals surface area contributed by atoms with Crippen molar-refractivity contribution in [2.75, 3.05) is 31.2 Å². The van der Waals surface area contributed by atoms with Crippen LogP contribution in [0.4, 0.5) is 11.4 Å². The third kappa shape index (κ3) is 6.24. The highest BCUT2D eigenvalue weighted by molar-refractivity contribution is 7.13. The van der Waals surface area contributed by atoms with E-state index in [2.05, 4.69) is 28.9 Å². The van der Waals surface area contributed by atoms with Gasteiger partial charge in [0.2, 0.25) is 5.91 Å². The average molecular weight is 480 g/mol. The second-order valence-electron chi connectivity index (χ2n) is 8.30. The molecule has 7 heteroatoms. The van der Waals surface area contributed by atoms with Crippen molar-refractivity contribution in [1.82, 2.24) is 4.90 Å². The smallest absolute Gasteiger partial charge is 0.226 e. The summed E-state index contributed by atoms with van der Waals surface area (Å²) in [5, 5.41) is 14.2. The summed E-state index contributed by atoms with van der Waals surface area (Å²) >= 11 is 1.73. The zero-order chi connectivity index (χ0) is 24.5. The van der Waals surface area contributed by atoms with E-state index in [1.807, 2.05) is 43.1 Å². The number of anilines is 2. The minimum atomic E-state index is -0.0872. The Balaban J connectivity index is 0.000000202. The van der Waals surface area contributed by atoms with Crippen LogP contribution in [0, 0.1) is 5.92 Å². The van der Waals surface area contributed by atoms with E-state index in [1.165, 1.54) is 10.4 Å². The van der Waals surface area contributed by atoms with E-state index in [9.17, 15) is 9.59 Å². The highest BCUT2D eigenvalue weighted by Gasteiger charge is 2.26. The molecule has 1 aliphatic rings. The van der Waals surface area contributed by atoms with Gasteiger partial charge in [-0.2, -0.15) is 0 Å². The molecule has 34 heavy (non-hydrogen) atoms. The molecule has 4 N–H and O–H groups in total. The van der Waals surface area contributed by atoms with E-state index in [0.29, 0.717) is 25.1 Å². The van der Waals surface area contributed by atoms with Crippen LogP contribution in [-0.2, 0) is 17.8 Å². The third-order valence-corrected chi connectivity index (χ3v) is 7.06. The predicted molar refractivity (Wildman–Crippen MR) is 140 cm³/mol. The molecule has 4 rings (SSSR count). The summed E-state index contributed by atoms with van der Waals surface area (Å²) in [6.07, 6.45) is 2.93. The molecular formula is C27H33N3O3S. The molecule has 0 bridgehead atoms. The molecule has 1 aromatic heterocycles. The first kappa shape index (κ1) is 25.5. The van der Waals surface area contributed by atoms with Crippen molar-refractivity contribution in [2.24, 2.45) is 5.92 Å². The number of aliphatic hydroxyl groups excluding tert-OH is 1. The number of benzene rings is 2. The lowest BCUT2D eigenvalue weighted by Gasteiger charge is -2.31. The Morgan fingerprint density at radius 1 is 1.24 bits per heavy atom. The lowest BCUT2D eigenvalue weighted by Crippen LogP contribution is -2.40. The van der Waals surface area contributed by atoms with Crippen molar-refractivity contribution in [2.45, 2.75) is 32.7 Å². The molecule has 6 nitrogen and oxygen atoms in total. The number of carbonyl (C=O) groups excluding carboxylic acids is 2. The Bertz CT molecular complexity index is 1100. The van der Waals surface area contributed by atoms with Gasteiger partial charge in [-0.05, 0) is 65.6 Å². The van der Waals surface area contributed by atoms with Crippen LogP contribution in [0.1, 0.15) is 41.3 Å². The van der Waals surface area contributed by atoms with E-state index >= 15 is 0 Å². The highest BCUT2D eigenvalue weighted by atomic mass is 32.1. The SMILES string of the molecule is CCC(CCO)C(=O)N1CCc2cc(C=O)ccc2C1.CNc1cc(-c2cccs2)ccc1N. The third-order valence-electron chi connectivity index (χ3n) is 6.14. The first-order valence-electron chi connectivity index (χ1n) is 11.6. The van der Waals surface area contributed by atoms with Crippen LogP contribution in [0.5, 0.6) is 0 Å². The molecule has 2 aromatic carbocycles. The van der Waals surface area contributed by atoms with Gasteiger partial charge in [-0.25, -0.2) is 0 Å². The molecule has 0 fully saturated rings. The summed E-state index contributed by atoms with van der Waals surface area (Å²) in [6, 6.07) is 15.8. The van der Waals surface area contributed by atoms with Gasteiger partial charge in [0.25, 0.3) is 0 Å². The number of hydrogen-bond acceptors (Lipinski definition) is 6. The molecule has 1 aliphatic heterocycles. The van der Waals surface area contributed by atoms with Crippen molar-refractivity contribution in [1.29, 1.82) is 0 Å². The first-order chi connectivity index (χ1) is 16.5. The fourth-order valence-corrected chi connectivity index (χ4v) is 4.84. The summed E-state index contributed by atoms with van der Waals surface area (Å²) in [5.41, 5.74) is 11.7. The fraction of sp³-hybridized carbons (Fsp3) is 0.333. The van der Waals surface area contributed by atoms with Crippen molar-refractivity contribution < 1.29 is 14.7 Å². The van der Waals surface area contributed by atoms with E-state index in [1.54, 1.807) is 17.4 Å². The van der Waals surface area contributed by atoms with E-state index < -0.39 is 0 Å². The number of carbonyl (C=O) groups is 2. The number of aldehydes is 1. The largest absolute Gasteiger partial charge is 0.397 e. The molecule has 0 radical (unpaired) electrons. The Kier molecular flexibility index (Phi) is 9.24. The molecule has 1 unspecified atom stereocenters. The monoisotopic (exact) mass is 479 g/mol. The van der Waals surface area contributed by atoms with Crippen molar-refractivity contribution >= 4 is 34.9 Å². The van der Waals surface area contributed by atoms with Gasteiger partial charge in [0.1, 0.15) is 6.29 Å². The van der Waals surface area contributed by atoms with Crippen LogP contribution in [0.2, 0.25) is 0 Å². The van der Waals surface area contributed by atoms with Crippen LogP contribution in [0.25, 0.3) is 10.4 Å². The lowest BCUT2D eigenvalue weighted by atomic mass is 9.95. The Labute approximate surface area is 205 Å². The topological polar surface area (TPSA) is 95.7 Å². The van der Waals surface area contributed by atoms with E-state index in [0.717, 1.165) is 41.6 Å². The number of nitrogens with two attached hydrogens (primary N) is 1. The average Bonchev–Trinajstić information content (AvgIpc) is 3.42.